The molecule has 0 spiro atoms. The quantitative estimate of drug-likeness (QED) is 0.422. The second kappa shape index (κ2) is 10.4. The molecule has 0 amide bonds. The van der Waals surface area contributed by atoms with E-state index in [1.54, 1.807) is 25.4 Å². The number of hydrogen-bond acceptors (Lipinski definition) is 5. The molecule has 1 heterocycles. The number of aromatic nitrogens is 1. The van der Waals surface area contributed by atoms with E-state index in [9.17, 15) is 3.89 Å². The number of halogens is 1. The number of methoxy groups -OCH3 is 1. The first-order chi connectivity index (χ1) is 14.1. The number of benzene rings is 2. The van der Waals surface area contributed by atoms with Crippen molar-refractivity contribution in [1.29, 1.82) is 0 Å². The molecule has 0 aliphatic carbocycles. The highest BCUT2D eigenvalue weighted by atomic mass is 32.2. The Balaban J connectivity index is 1.63. The monoisotopic (exact) mass is 427 g/mol. The Morgan fingerprint density at radius 2 is 2.03 bits per heavy atom. The average molecular weight is 427 g/mol. The van der Waals surface area contributed by atoms with Gasteiger partial charge in [-0.15, -0.1) is 9.24 Å². The average Bonchev–Trinajstić information content (AvgIpc) is 2.78. The summed E-state index contributed by atoms with van der Waals surface area (Å²) >= 11 is 0.125. The molecule has 0 saturated heterocycles. The summed E-state index contributed by atoms with van der Waals surface area (Å²) in [5.41, 5.74) is 4.76. The van der Waals surface area contributed by atoms with Crippen molar-refractivity contribution in [2.45, 2.75) is 17.4 Å². The predicted molar refractivity (Wildman–Crippen MR) is 123 cm³/mol. The van der Waals surface area contributed by atoms with E-state index >= 15 is 0 Å². The normalized spacial score (nSPS) is 11.7. The molecule has 2 unspecified atom stereocenters. The van der Waals surface area contributed by atoms with Gasteiger partial charge in [-0.05, 0) is 47.0 Å². The maximum Gasteiger partial charge on any atom is 0.129 e. The van der Waals surface area contributed by atoms with Crippen molar-refractivity contribution in [3.8, 4) is 5.75 Å². The molecule has 3 rings (SSSR count). The summed E-state index contributed by atoms with van der Waals surface area (Å²) in [4.78, 5) is 4.02. The fourth-order valence-corrected chi connectivity index (χ4v) is 3.33. The van der Waals surface area contributed by atoms with Crippen LogP contribution in [0.2, 0.25) is 0 Å². The second-order valence-corrected chi connectivity index (χ2v) is 7.64. The van der Waals surface area contributed by atoms with E-state index in [0.29, 0.717) is 5.03 Å². The summed E-state index contributed by atoms with van der Waals surface area (Å²) < 4.78 is 17.8. The summed E-state index contributed by atoms with van der Waals surface area (Å²) in [6.07, 6.45) is 1.59. The Kier molecular flexibility index (Phi) is 7.64. The molecule has 29 heavy (non-hydrogen) atoms. The molecular weight excluding hydrogens is 404 g/mol. The third-order valence-corrected chi connectivity index (χ3v) is 5.39. The number of nitrogens with zero attached hydrogens (tertiary/aromatic N) is 1. The Morgan fingerprint density at radius 3 is 2.76 bits per heavy atom. The zero-order valence-electron chi connectivity index (χ0n) is 16.1. The van der Waals surface area contributed by atoms with E-state index < -0.39 is 0 Å². The van der Waals surface area contributed by atoms with E-state index in [-0.39, 0.29) is 17.9 Å². The first-order valence-electron chi connectivity index (χ1n) is 9.02. The van der Waals surface area contributed by atoms with Crippen molar-refractivity contribution < 1.29 is 8.62 Å². The van der Waals surface area contributed by atoms with Crippen molar-refractivity contribution in [2.24, 2.45) is 0 Å². The first kappa shape index (κ1) is 21.3. The van der Waals surface area contributed by atoms with Crippen molar-refractivity contribution in [2.75, 3.05) is 12.4 Å². The van der Waals surface area contributed by atoms with Crippen LogP contribution in [0.4, 0.5) is 9.57 Å². The van der Waals surface area contributed by atoms with E-state index in [1.807, 2.05) is 30.3 Å². The largest absolute Gasteiger partial charge is 0.497 e. The van der Waals surface area contributed by atoms with Gasteiger partial charge in [0.25, 0.3) is 0 Å². The Labute approximate surface area is 177 Å². The molecule has 2 atom stereocenters. The Hall–Kier alpha value is -2.40. The Morgan fingerprint density at radius 1 is 1.21 bits per heavy atom. The molecule has 0 fully saturated rings. The second-order valence-electron chi connectivity index (χ2n) is 6.40. The molecule has 2 N–H and O–H groups in total. The fourth-order valence-electron chi connectivity index (χ4n) is 2.79. The molecule has 7 heteroatoms. The molecule has 0 radical (unpaired) electrons. The van der Waals surface area contributed by atoms with Crippen LogP contribution in [0, 0.1) is 0 Å². The van der Waals surface area contributed by atoms with Crippen molar-refractivity contribution in [3.63, 3.8) is 0 Å². The lowest BCUT2D eigenvalue weighted by molar-refractivity contribution is 0.414. The number of pyridine rings is 1. The summed E-state index contributed by atoms with van der Waals surface area (Å²) in [7, 11) is 4.50. The SMILES string of the molecule is C=C(Nc1ccc(SF)nc1)c1cccc(C(P)NCc2cccc(OC)c2)c1. The molecule has 0 bridgehead atoms. The van der Waals surface area contributed by atoms with Crippen molar-refractivity contribution in [3.05, 3.63) is 90.1 Å². The van der Waals surface area contributed by atoms with Gasteiger partial charge < -0.3 is 15.4 Å². The maximum atomic E-state index is 12.5. The highest BCUT2D eigenvalue weighted by molar-refractivity contribution is 7.94. The third-order valence-electron chi connectivity index (χ3n) is 4.37. The molecule has 1 aromatic heterocycles. The summed E-state index contributed by atoms with van der Waals surface area (Å²) in [5, 5.41) is 7.05. The van der Waals surface area contributed by atoms with Crippen LogP contribution in [0.5, 0.6) is 5.75 Å². The van der Waals surface area contributed by atoms with Gasteiger partial charge in [0.05, 0.1) is 19.0 Å². The van der Waals surface area contributed by atoms with Crippen molar-refractivity contribution >= 4 is 32.8 Å². The fraction of sp³-hybridized carbons (Fsp3) is 0.136. The van der Waals surface area contributed by atoms with Gasteiger partial charge >= 0.3 is 0 Å². The van der Waals surface area contributed by atoms with Gasteiger partial charge in [-0.25, -0.2) is 4.98 Å². The van der Waals surface area contributed by atoms with Gasteiger partial charge in [-0.1, -0.05) is 36.9 Å². The van der Waals surface area contributed by atoms with Crippen LogP contribution in [0.25, 0.3) is 5.70 Å². The molecule has 150 valence electrons. The lowest BCUT2D eigenvalue weighted by Crippen LogP contribution is -2.16. The highest BCUT2D eigenvalue weighted by Crippen LogP contribution is 2.25. The highest BCUT2D eigenvalue weighted by Gasteiger charge is 2.08. The molecule has 4 nitrogen and oxygen atoms in total. The minimum absolute atomic E-state index is 0.0801. The molecule has 0 aliphatic heterocycles. The summed E-state index contributed by atoms with van der Waals surface area (Å²) in [5.74, 6) is 0.929. The van der Waals surface area contributed by atoms with Crippen LogP contribution in [0.1, 0.15) is 22.5 Å². The third kappa shape index (κ3) is 6.04. The smallest absolute Gasteiger partial charge is 0.129 e. The van der Waals surface area contributed by atoms with Gasteiger partial charge in [0.2, 0.25) is 0 Å². The standard InChI is InChI=1S/C22H23FN3OPS/c1-15(26-19-9-10-21(29-23)24-14-19)17-6-4-7-18(12-17)22(28)25-13-16-5-3-8-20(11-16)27-2/h3-12,14,22,25-26H,1,13,28H2,2H3. The van der Waals surface area contributed by atoms with Gasteiger partial charge in [0.15, 0.2) is 0 Å². The van der Waals surface area contributed by atoms with E-state index in [2.05, 4.69) is 49.6 Å². The van der Waals surface area contributed by atoms with Crippen molar-refractivity contribution in [1.82, 2.24) is 10.3 Å². The van der Waals surface area contributed by atoms with Crippen LogP contribution in [0.3, 0.4) is 0 Å². The number of hydrogen-bond donors (Lipinski definition) is 2. The molecule has 2 aromatic carbocycles. The molecular formula is C22H23FN3OPS. The minimum atomic E-state index is 0.0801. The summed E-state index contributed by atoms with van der Waals surface area (Å²) in [6, 6.07) is 19.6. The van der Waals surface area contributed by atoms with E-state index in [1.165, 1.54) is 0 Å². The van der Waals surface area contributed by atoms with E-state index in [4.69, 9.17) is 4.74 Å². The molecule has 0 saturated carbocycles. The predicted octanol–water partition coefficient (Wildman–Crippen LogP) is 5.81. The topological polar surface area (TPSA) is 46.2 Å². The molecule has 3 aromatic rings. The zero-order valence-corrected chi connectivity index (χ0v) is 18.0. The van der Waals surface area contributed by atoms with Crippen LogP contribution >= 0.6 is 21.4 Å². The lowest BCUT2D eigenvalue weighted by atomic mass is 10.1. The number of ether oxygens (including phenoxy) is 1. The maximum absolute atomic E-state index is 12.5. The summed E-state index contributed by atoms with van der Waals surface area (Å²) in [6.45, 7) is 4.84. The Bertz CT molecular complexity index is 968. The lowest BCUT2D eigenvalue weighted by Gasteiger charge is -2.17. The van der Waals surface area contributed by atoms with Gasteiger partial charge in [0.1, 0.15) is 22.9 Å². The minimum Gasteiger partial charge on any atom is -0.497 e. The van der Waals surface area contributed by atoms with Gasteiger partial charge in [-0.2, -0.15) is 3.89 Å². The number of nitrogens with one attached hydrogen (secondary N) is 2. The van der Waals surface area contributed by atoms with Gasteiger partial charge in [0, 0.05) is 18.0 Å². The zero-order chi connectivity index (χ0) is 20.6. The van der Waals surface area contributed by atoms with E-state index in [0.717, 1.165) is 40.4 Å². The van der Waals surface area contributed by atoms with Crippen LogP contribution in [-0.4, -0.2) is 12.1 Å². The van der Waals surface area contributed by atoms with Crippen LogP contribution in [0.15, 0.2) is 78.5 Å². The van der Waals surface area contributed by atoms with Crippen LogP contribution < -0.4 is 15.4 Å². The molecule has 0 aliphatic rings. The number of anilines is 1. The first-order valence-corrected chi connectivity index (χ1v) is 10.4. The number of rotatable bonds is 9. The van der Waals surface area contributed by atoms with Gasteiger partial charge in [-0.3, -0.25) is 0 Å². The van der Waals surface area contributed by atoms with Crippen LogP contribution in [-0.2, 0) is 6.54 Å².